The second-order valence-electron chi connectivity index (χ2n) is 7.60. The van der Waals surface area contributed by atoms with Gasteiger partial charge in [-0.05, 0) is 30.5 Å². The first kappa shape index (κ1) is 18.2. The summed E-state index contributed by atoms with van der Waals surface area (Å²) in [6.07, 6.45) is 4.74. The van der Waals surface area contributed by atoms with Crippen LogP contribution in [0.25, 0.3) is 22.4 Å². The predicted molar refractivity (Wildman–Crippen MR) is 114 cm³/mol. The van der Waals surface area contributed by atoms with Gasteiger partial charge >= 0.3 is 0 Å². The molecule has 5 nitrogen and oxygen atoms in total. The van der Waals surface area contributed by atoms with E-state index in [9.17, 15) is 0 Å². The van der Waals surface area contributed by atoms with E-state index in [1.165, 1.54) is 5.56 Å². The Morgan fingerprint density at radius 1 is 1.07 bits per heavy atom. The first-order valence-electron chi connectivity index (χ1n) is 10.3. The summed E-state index contributed by atoms with van der Waals surface area (Å²) in [6, 6.07) is 20.6. The average molecular weight is 387 g/mol. The van der Waals surface area contributed by atoms with Gasteiger partial charge in [0.15, 0.2) is 5.76 Å². The van der Waals surface area contributed by atoms with E-state index >= 15 is 0 Å². The lowest BCUT2D eigenvalue weighted by Gasteiger charge is -2.10. The van der Waals surface area contributed by atoms with E-state index in [1.807, 2.05) is 28.9 Å². The summed E-state index contributed by atoms with van der Waals surface area (Å²) in [7, 11) is 0. The molecule has 5 heteroatoms. The number of rotatable bonds is 7. The molecule has 1 aliphatic heterocycles. The van der Waals surface area contributed by atoms with Gasteiger partial charge in [0.2, 0.25) is 0 Å². The molecule has 3 heterocycles. The largest absolute Gasteiger partial charge is 0.454 e. The highest BCUT2D eigenvalue weighted by Crippen LogP contribution is 2.29. The van der Waals surface area contributed by atoms with Gasteiger partial charge in [0.25, 0.3) is 0 Å². The van der Waals surface area contributed by atoms with Crippen LogP contribution in [0.15, 0.2) is 71.3 Å². The molecule has 5 rings (SSSR count). The molecule has 1 N–H and O–H groups in total. The molecular weight excluding hydrogens is 362 g/mol. The number of hydrogen-bond acceptors (Lipinski definition) is 4. The van der Waals surface area contributed by atoms with Crippen LogP contribution in [0.1, 0.15) is 24.0 Å². The van der Waals surface area contributed by atoms with Gasteiger partial charge in [-0.3, -0.25) is 4.68 Å². The second-order valence-corrected chi connectivity index (χ2v) is 7.60. The lowest BCUT2D eigenvalue weighted by molar-refractivity contribution is 0.110. The van der Waals surface area contributed by atoms with Crippen molar-refractivity contribution in [1.82, 2.24) is 15.1 Å². The highest BCUT2D eigenvalue weighted by molar-refractivity contribution is 5.82. The van der Waals surface area contributed by atoms with Gasteiger partial charge in [-0.25, -0.2) is 0 Å². The van der Waals surface area contributed by atoms with Crippen molar-refractivity contribution in [2.24, 2.45) is 0 Å². The summed E-state index contributed by atoms with van der Waals surface area (Å²) in [5.41, 5.74) is 4.15. The van der Waals surface area contributed by atoms with E-state index in [4.69, 9.17) is 14.3 Å². The molecule has 2 aromatic heterocycles. The van der Waals surface area contributed by atoms with Crippen LogP contribution in [0, 0.1) is 0 Å². The molecule has 0 bridgehead atoms. The van der Waals surface area contributed by atoms with E-state index in [0.717, 1.165) is 67.1 Å². The number of hydrogen-bond donors (Lipinski definition) is 1. The van der Waals surface area contributed by atoms with Crippen LogP contribution in [0.4, 0.5) is 0 Å². The van der Waals surface area contributed by atoms with Gasteiger partial charge in [0, 0.05) is 36.8 Å². The van der Waals surface area contributed by atoms with Gasteiger partial charge in [0.1, 0.15) is 11.3 Å². The minimum atomic E-state index is 0.323. The number of fused-ring (bicyclic) bond motifs is 1. The maximum atomic E-state index is 6.11. The number of ether oxygens (including phenoxy) is 1. The zero-order chi connectivity index (χ0) is 19.5. The first-order valence-corrected chi connectivity index (χ1v) is 10.3. The van der Waals surface area contributed by atoms with E-state index in [1.54, 1.807) is 0 Å². The van der Waals surface area contributed by atoms with Crippen molar-refractivity contribution in [3.05, 3.63) is 78.0 Å². The van der Waals surface area contributed by atoms with Crippen molar-refractivity contribution in [2.45, 2.75) is 32.0 Å². The minimum Gasteiger partial charge on any atom is -0.454 e. The summed E-state index contributed by atoms with van der Waals surface area (Å²) in [5.74, 6) is 0.812. The predicted octanol–water partition coefficient (Wildman–Crippen LogP) is 4.61. The van der Waals surface area contributed by atoms with E-state index < -0.39 is 0 Å². The Balaban J connectivity index is 1.41. The Morgan fingerprint density at radius 3 is 2.76 bits per heavy atom. The number of furan rings is 1. The summed E-state index contributed by atoms with van der Waals surface area (Å²) in [4.78, 5) is 0. The molecule has 0 amide bonds. The number of aromatic nitrogens is 2. The smallest absolute Gasteiger partial charge is 0.156 e. The van der Waals surface area contributed by atoms with Crippen molar-refractivity contribution in [3.63, 3.8) is 0 Å². The van der Waals surface area contributed by atoms with Crippen LogP contribution in [0.2, 0.25) is 0 Å². The van der Waals surface area contributed by atoms with Gasteiger partial charge in [-0.2, -0.15) is 5.10 Å². The third-order valence-corrected chi connectivity index (χ3v) is 5.40. The van der Waals surface area contributed by atoms with Crippen molar-refractivity contribution < 1.29 is 9.15 Å². The Morgan fingerprint density at radius 2 is 1.93 bits per heavy atom. The molecule has 1 atom stereocenters. The van der Waals surface area contributed by atoms with Crippen LogP contribution < -0.4 is 5.32 Å². The highest BCUT2D eigenvalue weighted by Gasteiger charge is 2.18. The Bertz CT molecular complexity index is 1040. The van der Waals surface area contributed by atoms with Crippen LogP contribution >= 0.6 is 0 Å². The minimum absolute atomic E-state index is 0.323. The lowest BCUT2D eigenvalue weighted by Crippen LogP contribution is -2.25. The topological polar surface area (TPSA) is 52.2 Å². The molecule has 0 unspecified atom stereocenters. The normalized spacial score (nSPS) is 16.6. The lowest BCUT2D eigenvalue weighted by atomic mass is 10.2. The second kappa shape index (κ2) is 8.23. The molecule has 2 aromatic carbocycles. The van der Waals surface area contributed by atoms with Crippen LogP contribution in [0.5, 0.6) is 0 Å². The van der Waals surface area contributed by atoms with Crippen LogP contribution in [-0.2, 0) is 17.8 Å². The molecule has 0 saturated carbocycles. The Kier molecular flexibility index (Phi) is 5.15. The quantitative estimate of drug-likeness (QED) is 0.503. The molecule has 0 aliphatic carbocycles. The molecular formula is C24H25N3O2. The molecule has 1 saturated heterocycles. The maximum Gasteiger partial charge on any atom is 0.156 e. The molecule has 4 aromatic rings. The summed E-state index contributed by atoms with van der Waals surface area (Å²) in [6.45, 7) is 3.22. The van der Waals surface area contributed by atoms with Crippen LogP contribution in [0.3, 0.4) is 0 Å². The molecule has 0 radical (unpaired) electrons. The zero-order valence-corrected chi connectivity index (χ0v) is 16.4. The highest BCUT2D eigenvalue weighted by atomic mass is 16.5. The Hall–Kier alpha value is -2.89. The van der Waals surface area contributed by atoms with E-state index in [-0.39, 0.29) is 0 Å². The van der Waals surface area contributed by atoms with Crippen molar-refractivity contribution >= 4 is 11.0 Å². The molecule has 1 aliphatic rings. The third-order valence-electron chi connectivity index (χ3n) is 5.40. The molecule has 29 heavy (non-hydrogen) atoms. The summed E-state index contributed by atoms with van der Waals surface area (Å²) in [5, 5.41) is 9.51. The fourth-order valence-corrected chi connectivity index (χ4v) is 3.92. The van der Waals surface area contributed by atoms with Gasteiger partial charge < -0.3 is 14.5 Å². The van der Waals surface area contributed by atoms with E-state index in [2.05, 4.69) is 47.9 Å². The monoisotopic (exact) mass is 387 g/mol. The van der Waals surface area contributed by atoms with Crippen LogP contribution in [-0.4, -0.2) is 29.0 Å². The molecule has 0 spiro atoms. The van der Waals surface area contributed by atoms with Gasteiger partial charge in [0.05, 0.1) is 12.6 Å². The average Bonchev–Trinajstić information content (AvgIpc) is 3.48. The van der Waals surface area contributed by atoms with Gasteiger partial charge in [-0.15, -0.1) is 0 Å². The van der Waals surface area contributed by atoms with E-state index in [0.29, 0.717) is 6.10 Å². The first-order chi connectivity index (χ1) is 14.3. The SMILES string of the molecule is c1ccc(Cn2cc(CNC[C@H]3CCCO3)c(-c3cc4ccccc4o3)n2)cc1. The number of nitrogens with one attached hydrogen (secondary N) is 1. The fourth-order valence-electron chi connectivity index (χ4n) is 3.92. The van der Waals surface area contributed by atoms with Crippen molar-refractivity contribution in [1.29, 1.82) is 0 Å². The standard InChI is InChI=1S/C24H25N3O2/c1-2-7-18(8-3-1)16-27-17-20(14-25-15-21-10-6-12-28-21)24(26-27)23-13-19-9-4-5-11-22(19)29-23/h1-5,7-9,11,13,17,21,25H,6,10,12,14-16H2/t21-/m1/s1. The number of para-hydroxylation sites is 1. The maximum absolute atomic E-state index is 6.11. The fraction of sp³-hybridized carbons (Fsp3) is 0.292. The zero-order valence-electron chi connectivity index (χ0n) is 16.4. The Labute approximate surface area is 170 Å². The summed E-state index contributed by atoms with van der Waals surface area (Å²) >= 11 is 0. The summed E-state index contributed by atoms with van der Waals surface area (Å²) < 4.78 is 13.8. The molecule has 148 valence electrons. The number of nitrogens with zero attached hydrogens (tertiary/aromatic N) is 2. The number of benzene rings is 2. The van der Waals surface area contributed by atoms with Gasteiger partial charge in [-0.1, -0.05) is 48.5 Å². The van der Waals surface area contributed by atoms with Crippen molar-refractivity contribution in [3.8, 4) is 11.5 Å². The van der Waals surface area contributed by atoms with Crippen molar-refractivity contribution in [2.75, 3.05) is 13.2 Å². The third kappa shape index (κ3) is 4.11. The molecule has 1 fully saturated rings.